The van der Waals surface area contributed by atoms with Crippen molar-refractivity contribution in [3.05, 3.63) is 485 Å². The summed E-state index contributed by atoms with van der Waals surface area (Å²) in [4.78, 5) is 0. The van der Waals surface area contributed by atoms with Gasteiger partial charge >= 0.3 is 0 Å². The van der Waals surface area contributed by atoms with Crippen molar-refractivity contribution in [1.29, 1.82) is 0 Å². The summed E-state index contributed by atoms with van der Waals surface area (Å²) in [6.07, 6.45) is 0. The highest BCUT2D eigenvalue weighted by Gasteiger charge is 2.25. The molecule has 0 atom stereocenters. The average Bonchev–Trinajstić information content (AvgIpc) is 1.37. The lowest BCUT2D eigenvalue weighted by molar-refractivity contribution is 0.668. The van der Waals surface area contributed by atoms with Gasteiger partial charge in [0.05, 0.1) is 32.9 Å². The SMILES string of the molecule is [2H]c1c([2H])c([2H])c2c(-c3ccc(-c4ccc(-c5cccc6oc7ccccc7c56)cc4)cc3)c3c([2H])c([2H])c([2H])c([2H])c3c(-c3ccccc3)c2c1[2H].[2H]c1c([2H])c([2H])c2c(-c3ccc(-c4cccc5oc6ccccc6c45)c4ccccc34)c3c([2H])c([2H])c([2H])c([2H])c3c(-c3ccccc3)c2c1[2H].[2H]c1c([2H])c([2H])c2c(-c3ccc4cc(-c5cccc6oc7ccccc7c56)ccc4c3)c3c([2H])c([2H])c([2H])c([2H])c3c(-c3ccccc3)c2c1[2H]. The van der Waals surface area contributed by atoms with Crippen LogP contribution in [0.5, 0.6) is 0 Å². The van der Waals surface area contributed by atoms with Crippen molar-refractivity contribution in [3.8, 4) is 111 Å². The predicted octanol–water partition coefficient (Wildman–Crippen LogP) is 36.7. The maximum absolute atomic E-state index is 9.31. The minimum absolute atomic E-state index is 0.193. The fourth-order valence-electron chi connectivity index (χ4n) is 19.4. The third kappa shape index (κ3) is 13.0. The van der Waals surface area contributed by atoms with Crippen molar-refractivity contribution in [1.82, 2.24) is 0 Å². The standard InChI is InChI=1S/C44H28O.2C42H26O/c1-2-11-32(12-3-1)42-35-13-4-6-15-37(35)43(38-16-7-5-14-36(38)42)33-27-23-30(24-28-33)29-21-25-31(26-22-29)34-18-10-20-41-44(34)39-17-8-9-19-40(39)45-41;1-2-11-27(12-3-1)40-33-13-4-6-15-35(33)41(36-16-7-5-14-34(36)40)31-24-22-28-25-30(23-21-29(28)26-31)32-18-10-20-39-42(32)37-17-8-9-19-38(37)43-39;1-2-13-27(14-3-1)40-32-17-6-8-19-34(32)41(35-20-9-7-18-33(35)40)36-26-25-30(28-15-4-5-16-29(28)36)31-22-12-24-39-42(31)37-21-10-11-23-38(37)43-39/h1-28H;2*1-26H/i2*4D,5D,6D,7D,13D,14D,15D,16D;6D,7D,8D,9D,17D,18D,19D,20D. The van der Waals surface area contributed by atoms with Gasteiger partial charge in [0.15, 0.2) is 0 Å². The minimum atomic E-state index is -0.424. The number of furan rings is 3. The van der Waals surface area contributed by atoms with Crippen molar-refractivity contribution in [2.24, 2.45) is 0 Å². The van der Waals surface area contributed by atoms with Gasteiger partial charge in [-0.2, -0.15) is 0 Å². The first-order valence-electron chi connectivity index (χ1n) is 55.0. The van der Waals surface area contributed by atoms with E-state index < -0.39 is 72.5 Å². The van der Waals surface area contributed by atoms with Crippen molar-refractivity contribution in [2.45, 2.75) is 0 Å². The van der Waals surface area contributed by atoms with Gasteiger partial charge in [-0.1, -0.05) is 436 Å². The van der Waals surface area contributed by atoms with Crippen LogP contribution in [0.25, 0.3) is 263 Å². The van der Waals surface area contributed by atoms with Crippen LogP contribution < -0.4 is 0 Å². The Kier molecular flexibility index (Phi) is 13.5. The molecule has 24 aromatic carbocycles. The second-order valence-electron chi connectivity index (χ2n) is 32.3. The second-order valence-corrected chi connectivity index (χ2v) is 32.3. The number of hydrogen-bond donors (Lipinski definition) is 0. The fourth-order valence-corrected chi connectivity index (χ4v) is 19.4. The molecular formula is C128H80O3. The Morgan fingerprint density at radius 3 is 0.756 bits per heavy atom. The normalized spacial score (nSPS) is 14.2. The lowest BCUT2D eigenvalue weighted by Crippen LogP contribution is -1.92. The fraction of sp³-hybridized carbons (Fsp3) is 0. The van der Waals surface area contributed by atoms with E-state index in [4.69, 9.17) is 37.9 Å². The average molecular weight is 1690 g/mol. The largest absolute Gasteiger partial charge is 0.456 e. The number of para-hydroxylation sites is 3. The molecule has 0 radical (unpaired) electrons. The molecule has 3 heterocycles. The molecule has 0 saturated heterocycles. The van der Waals surface area contributed by atoms with E-state index in [0.29, 0.717) is 66.8 Å². The van der Waals surface area contributed by atoms with E-state index in [1.54, 1.807) is 72.8 Å². The Bertz CT molecular complexity index is 10500. The molecule has 27 rings (SSSR count). The van der Waals surface area contributed by atoms with E-state index in [9.17, 15) is 8.22 Å². The van der Waals surface area contributed by atoms with Crippen LogP contribution in [-0.2, 0) is 0 Å². The monoisotopic (exact) mass is 1690 g/mol. The first-order chi connectivity index (χ1) is 75.0. The Labute approximate surface area is 790 Å². The van der Waals surface area contributed by atoms with Crippen molar-refractivity contribution in [3.63, 3.8) is 0 Å². The summed E-state index contributed by atoms with van der Waals surface area (Å²) in [6, 6.07) is 99.9. The zero-order valence-electron chi connectivity index (χ0n) is 93.6. The van der Waals surface area contributed by atoms with Gasteiger partial charge in [0, 0.05) is 32.3 Å². The lowest BCUT2D eigenvalue weighted by Gasteiger charge is -2.19. The molecule has 27 aromatic rings. The van der Waals surface area contributed by atoms with Gasteiger partial charge < -0.3 is 13.3 Å². The highest BCUT2D eigenvalue weighted by atomic mass is 16.3. The molecule has 3 heteroatoms. The third-order valence-electron chi connectivity index (χ3n) is 25.1. The molecule has 0 spiro atoms. The van der Waals surface area contributed by atoms with E-state index in [0.717, 1.165) is 132 Å². The lowest BCUT2D eigenvalue weighted by atomic mass is 9.83. The molecule has 0 bridgehead atoms. The molecule has 0 N–H and O–H groups in total. The Morgan fingerprint density at radius 2 is 0.382 bits per heavy atom. The van der Waals surface area contributed by atoms with Crippen LogP contribution >= 0.6 is 0 Å². The van der Waals surface area contributed by atoms with E-state index in [1.165, 1.54) is 0 Å². The molecule has 0 saturated carbocycles. The Hall–Kier alpha value is -17.2. The molecule has 610 valence electrons. The number of fused-ring (bicyclic) bond motifs is 17. The van der Waals surface area contributed by atoms with Crippen LogP contribution in [0.1, 0.15) is 32.9 Å². The highest BCUT2D eigenvalue weighted by Crippen LogP contribution is 2.52. The molecular weight excluding hydrogens is 1590 g/mol. The summed E-state index contributed by atoms with van der Waals surface area (Å²) in [5, 5.41) is 11.9. The van der Waals surface area contributed by atoms with Crippen LogP contribution in [0.3, 0.4) is 0 Å². The number of benzene rings is 24. The molecule has 3 aromatic heterocycles. The molecule has 0 aliphatic rings. The Morgan fingerprint density at radius 1 is 0.137 bits per heavy atom. The van der Waals surface area contributed by atoms with Gasteiger partial charge in [0.2, 0.25) is 0 Å². The van der Waals surface area contributed by atoms with Gasteiger partial charge in [-0.15, -0.1) is 0 Å². The van der Waals surface area contributed by atoms with Crippen LogP contribution in [0, 0.1) is 0 Å². The van der Waals surface area contributed by atoms with Crippen molar-refractivity contribution >= 4 is 152 Å². The first kappa shape index (κ1) is 55.3. The van der Waals surface area contributed by atoms with Gasteiger partial charge in [-0.3, -0.25) is 0 Å². The van der Waals surface area contributed by atoms with E-state index in [2.05, 4.69) is 60.7 Å². The zero-order chi connectivity index (χ0) is 107. The summed E-state index contributed by atoms with van der Waals surface area (Å²) in [6.45, 7) is 0. The van der Waals surface area contributed by atoms with Crippen LogP contribution in [-0.4, -0.2) is 0 Å². The smallest absolute Gasteiger partial charge is 0.136 e. The molecule has 131 heavy (non-hydrogen) atoms. The quantitative estimate of drug-likeness (QED) is 0.128. The second kappa shape index (κ2) is 32.0. The van der Waals surface area contributed by atoms with E-state index in [1.807, 2.05) is 206 Å². The molecule has 0 fully saturated rings. The van der Waals surface area contributed by atoms with Crippen LogP contribution in [0.2, 0.25) is 0 Å². The molecule has 0 unspecified atom stereocenters. The summed E-state index contributed by atoms with van der Waals surface area (Å²) < 4.78 is 232. The molecule has 0 aliphatic carbocycles. The molecule has 0 amide bonds. The first-order valence-corrected chi connectivity index (χ1v) is 43.0. The van der Waals surface area contributed by atoms with E-state index in [-0.39, 0.29) is 137 Å². The van der Waals surface area contributed by atoms with Crippen molar-refractivity contribution in [2.75, 3.05) is 0 Å². The topological polar surface area (TPSA) is 39.4 Å². The maximum atomic E-state index is 9.31. The highest BCUT2D eigenvalue weighted by molar-refractivity contribution is 6.27. The maximum Gasteiger partial charge on any atom is 0.136 e. The Balaban J connectivity index is 0.000000119. The summed E-state index contributed by atoms with van der Waals surface area (Å²) >= 11 is 0. The summed E-state index contributed by atoms with van der Waals surface area (Å²) in [5.41, 5.74) is 18.2. The third-order valence-corrected chi connectivity index (χ3v) is 25.1. The van der Waals surface area contributed by atoms with Gasteiger partial charge in [-0.25, -0.2) is 0 Å². The molecule has 3 nitrogen and oxygen atoms in total. The van der Waals surface area contributed by atoms with Gasteiger partial charge in [0.1, 0.15) is 33.5 Å². The minimum Gasteiger partial charge on any atom is -0.456 e. The zero-order valence-corrected chi connectivity index (χ0v) is 69.6. The summed E-state index contributed by atoms with van der Waals surface area (Å²) in [5.74, 6) is 0. The number of hydrogen-bond acceptors (Lipinski definition) is 3. The summed E-state index contributed by atoms with van der Waals surface area (Å²) in [7, 11) is 0. The number of rotatable bonds is 10. The van der Waals surface area contributed by atoms with Crippen LogP contribution in [0.4, 0.5) is 0 Å². The van der Waals surface area contributed by atoms with Crippen molar-refractivity contribution < 1.29 is 46.1 Å². The predicted molar refractivity (Wildman–Crippen MR) is 556 cm³/mol. The van der Waals surface area contributed by atoms with Gasteiger partial charge in [0.25, 0.3) is 0 Å². The van der Waals surface area contributed by atoms with Crippen LogP contribution in [0.15, 0.2) is 498 Å². The van der Waals surface area contributed by atoms with E-state index >= 15 is 0 Å². The molecule has 0 aliphatic heterocycles. The van der Waals surface area contributed by atoms with Gasteiger partial charge in [-0.05, 0) is 246 Å².